The van der Waals surface area contributed by atoms with Crippen molar-refractivity contribution in [1.82, 2.24) is 0 Å². The molecule has 0 aliphatic rings. The van der Waals surface area contributed by atoms with Crippen molar-refractivity contribution in [3.05, 3.63) is 22.4 Å². The molecule has 1 rings (SSSR count). The highest BCUT2D eigenvalue weighted by Crippen LogP contribution is 2.23. The van der Waals surface area contributed by atoms with Gasteiger partial charge in [-0.3, -0.25) is 0 Å². The Balaban J connectivity index is 2.25. The minimum absolute atomic E-state index is 0.163. The Bertz CT molecular complexity index is 256. The predicted molar refractivity (Wildman–Crippen MR) is 49.3 cm³/mol. The number of aryl methyl sites for hydroxylation is 1. The lowest BCUT2D eigenvalue weighted by Crippen LogP contribution is -2.19. The topological polar surface area (TPSA) is 20.2 Å². The van der Waals surface area contributed by atoms with Gasteiger partial charge in [0.05, 0.1) is 12.5 Å². The van der Waals surface area contributed by atoms with E-state index in [-0.39, 0.29) is 6.42 Å². The van der Waals surface area contributed by atoms with Gasteiger partial charge < -0.3 is 5.11 Å². The summed E-state index contributed by atoms with van der Waals surface area (Å²) in [6.45, 7) is 0. The third-order valence-corrected chi connectivity index (χ3v) is 2.55. The molecule has 0 saturated carbocycles. The normalized spacial score (nSPS) is 14.3. The van der Waals surface area contributed by atoms with E-state index in [4.69, 9.17) is 5.11 Å². The Labute approximate surface area is 84.2 Å². The molecule has 0 amide bonds. The molecule has 1 atom stereocenters. The fourth-order valence-corrected chi connectivity index (χ4v) is 1.84. The third kappa shape index (κ3) is 4.62. The summed E-state index contributed by atoms with van der Waals surface area (Å²) in [5, 5.41) is 12.8. The maximum absolute atomic E-state index is 11.8. The summed E-state index contributed by atoms with van der Waals surface area (Å²) in [4.78, 5) is 0. The summed E-state index contributed by atoms with van der Waals surface area (Å²) in [5.74, 6) is 0. The van der Waals surface area contributed by atoms with Gasteiger partial charge >= 0.3 is 6.18 Å². The molecule has 0 fully saturated rings. The largest absolute Gasteiger partial charge is 0.393 e. The first-order valence-electron chi connectivity index (χ1n) is 4.23. The number of aliphatic hydroxyl groups is 1. The SMILES string of the molecule is OC(CCc1ccsc1)CC(F)(F)F. The number of aliphatic hydroxyl groups excluding tert-OH is 1. The van der Waals surface area contributed by atoms with E-state index in [2.05, 4.69) is 0 Å². The van der Waals surface area contributed by atoms with E-state index in [0.29, 0.717) is 6.42 Å². The van der Waals surface area contributed by atoms with Crippen LogP contribution in [-0.2, 0) is 6.42 Å². The fraction of sp³-hybridized carbons (Fsp3) is 0.556. The van der Waals surface area contributed by atoms with Crippen LogP contribution in [0.25, 0.3) is 0 Å². The van der Waals surface area contributed by atoms with Crippen LogP contribution in [-0.4, -0.2) is 17.4 Å². The summed E-state index contributed by atoms with van der Waals surface area (Å²) in [5.41, 5.74) is 0.983. The maximum atomic E-state index is 11.8. The zero-order valence-corrected chi connectivity index (χ0v) is 8.24. The van der Waals surface area contributed by atoms with Gasteiger partial charge in [0, 0.05) is 0 Å². The number of alkyl halides is 3. The Morgan fingerprint density at radius 3 is 2.64 bits per heavy atom. The monoisotopic (exact) mass is 224 g/mol. The molecule has 0 spiro atoms. The number of hydrogen-bond acceptors (Lipinski definition) is 2. The lowest BCUT2D eigenvalue weighted by atomic mass is 10.1. The van der Waals surface area contributed by atoms with E-state index in [1.807, 2.05) is 16.8 Å². The zero-order chi connectivity index (χ0) is 10.6. The molecule has 1 unspecified atom stereocenters. The molecule has 80 valence electrons. The van der Waals surface area contributed by atoms with Crippen LogP contribution in [0.4, 0.5) is 13.2 Å². The van der Waals surface area contributed by atoms with Gasteiger partial charge in [-0.25, -0.2) is 0 Å². The van der Waals surface area contributed by atoms with E-state index >= 15 is 0 Å². The Kier molecular flexibility index (Phi) is 3.95. The molecule has 5 heteroatoms. The number of halogens is 3. The first kappa shape index (κ1) is 11.5. The van der Waals surface area contributed by atoms with Gasteiger partial charge in [-0.2, -0.15) is 24.5 Å². The maximum Gasteiger partial charge on any atom is 0.391 e. The standard InChI is InChI=1S/C9H11F3OS/c10-9(11,12)5-8(13)2-1-7-3-4-14-6-7/h3-4,6,8,13H,1-2,5H2. The van der Waals surface area contributed by atoms with Crippen LogP contribution in [0.2, 0.25) is 0 Å². The van der Waals surface area contributed by atoms with Gasteiger partial charge in [-0.15, -0.1) is 0 Å². The van der Waals surface area contributed by atoms with Crippen molar-refractivity contribution >= 4 is 11.3 Å². The fourth-order valence-electron chi connectivity index (χ4n) is 1.14. The molecule has 0 aliphatic heterocycles. The van der Waals surface area contributed by atoms with Crippen molar-refractivity contribution in [3.8, 4) is 0 Å². The molecule has 1 N–H and O–H groups in total. The van der Waals surface area contributed by atoms with Crippen LogP contribution >= 0.6 is 11.3 Å². The Morgan fingerprint density at radius 2 is 2.14 bits per heavy atom. The molecule has 1 aromatic rings. The molecule has 0 bridgehead atoms. The molecule has 1 nitrogen and oxygen atoms in total. The van der Waals surface area contributed by atoms with Crippen molar-refractivity contribution in [2.45, 2.75) is 31.5 Å². The first-order chi connectivity index (χ1) is 6.47. The molecule has 0 saturated heterocycles. The Morgan fingerprint density at radius 1 is 1.43 bits per heavy atom. The third-order valence-electron chi connectivity index (χ3n) is 1.81. The average molecular weight is 224 g/mol. The van der Waals surface area contributed by atoms with Gasteiger partial charge in [0.1, 0.15) is 0 Å². The molecule has 14 heavy (non-hydrogen) atoms. The summed E-state index contributed by atoms with van der Waals surface area (Å²) in [7, 11) is 0. The second-order valence-electron chi connectivity index (χ2n) is 3.14. The molecular formula is C9H11F3OS. The van der Waals surface area contributed by atoms with Crippen LogP contribution in [0.15, 0.2) is 16.8 Å². The van der Waals surface area contributed by atoms with Gasteiger partial charge in [0.15, 0.2) is 0 Å². The van der Waals surface area contributed by atoms with Gasteiger partial charge in [-0.05, 0) is 35.2 Å². The minimum Gasteiger partial charge on any atom is -0.393 e. The van der Waals surface area contributed by atoms with Crippen molar-refractivity contribution in [2.24, 2.45) is 0 Å². The first-order valence-corrected chi connectivity index (χ1v) is 5.17. The minimum atomic E-state index is -4.27. The number of hydrogen-bond donors (Lipinski definition) is 1. The molecule has 1 heterocycles. The molecular weight excluding hydrogens is 213 g/mol. The average Bonchev–Trinajstić information content (AvgIpc) is 2.49. The van der Waals surface area contributed by atoms with Crippen molar-refractivity contribution in [2.75, 3.05) is 0 Å². The lowest BCUT2D eigenvalue weighted by molar-refractivity contribution is -0.153. The highest BCUT2D eigenvalue weighted by molar-refractivity contribution is 7.07. The summed E-state index contributed by atoms with van der Waals surface area (Å²) >= 11 is 1.50. The van der Waals surface area contributed by atoms with Crippen molar-refractivity contribution in [3.63, 3.8) is 0 Å². The van der Waals surface area contributed by atoms with Crippen molar-refractivity contribution in [1.29, 1.82) is 0 Å². The van der Waals surface area contributed by atoms with Crippen LogP contribution in [0.1, 0.15) is 18.4 Å². The lowest BCUT2D eigenvalue weighted by Gasteiger charge is -2.12. The van der Waals surface area contributed by atoms with Gasteiger partial charge in [0.2, 0.25) is 0 Å². The quantitative estimate of drug-likeness (QED) is 0.833. The summed E-state index contributed by atoms with van der Waals surface area (Å²) in [6, 6.07) is 1.85. The molecule has 0 aromatic carbocycles. The van der Waals surface area contributed by atoms with Crippen molar-refractivity contribution < 1.29 is 18.3 Å². The molecule has 0 aliphatic carbocycles. The van der Waals surface area contributed by atoms with Crippen LogP contribution in [0.3, 0.4) is 0 Å². The predicted octanol–water partition coefficient (Wildman–Crippen LogP) is 2.99. The van der Waals surface area contributed by atoms with Crippen LogP contribution in [0.5, 0.6) is 0 Å². The van der Waals surface area contributed by atoms with Gasteiger partial charge in [-0.1, -0.05) is 0 Å². The summed E-state index contributed by atoms with van der Waals surface area (Å²) in [6.07, 6.45) is -6.00. The number of thiophene rings is 1. The van der Waals surface area contributed by atoms with E-state index in [1.165, 1.54) is 11.3 Å². The second kappa shape index (κ2) is 4.79. The highest BCUT2D eigenvalue weighted by atomic mass is 32.1. The van der Waals surface area contributed by atoms with Crippen LogP contribution < -0.4 is 0 Å². The van der Waals surface area contributed by atoms with Crippen LogP contribution in [0, 0.1) is 0 Å². The Hall–Kier alpha value is -0.550. The van der Waals surface area contributed by atoms with E-state index in [0.717, 1.165) is 5.56 Å². The van der Waals surface area contributed by atoms with E-state index in [1.54, 1.807) is 0 Å². The molecule has 0 radical (unpaired) electrons. The number of rotatable bonds is 4. The van der Waals surface area contributed by atoms with Gasteiger partial charge in [0.25, 0.3) is 0 Å². The smallest absolute Gasteiger partial charge is 0.391 e. The van der Waals surface area contributed by atoms with E-state index in [9.17, 15) is 13.2 Å². The second-order valence-corrected chi connectivity index (χ2v) is 3.92. The molecule has 1 aromatic heterocycles. The zero-order valence-electron chi connectivity index (χ0n) is 7.42. The van der Waals surface area contributed by atoms with E-state index < -0.39 is 18.7 Å². The summed E-state index contributed by atoms with van der Waals surface area (Å²) < 4.78 is 35.4. The highest BCUT2D eigenvalue weighted by Gasteiger charge is 2.30.